The highest BCUT2D eigenvalue weighted by Gasteiger charge is 2.37. The Hall–Kier alpha value is -1.54. The molecule has 0 unspecified atom stereocenters. The number of fused-ring (bicyclic) bond motifs is 2. The van der Waals surface area contributed by atoms with Crippen molar-refractivity contribution in [1.82, 2.24) is 9.80 Å². The molecule has 0 aliphatic carbocycles. The molecule has 1 aromatic rings. The Morgan fingerprint density at radius 2 is 2.11 bits per heavy atom. The minimum Gasteiger partial charge on any atom is -0.491 e. The van der Waals surface area contributed by atoms with Gasteiger partial charge in [0.25, 0.3) is 5.91 Å². The van der Waals surface area contributed by atoms with Crippen LogP contribution < -0.4 is 4.74 Å². The van der Waals surface area contributed by atoms with Gasteiger partial charge in [-0.25, -0.2) is 9.18 Å². The molecule has 1 fully saturated rings. The average Bonchev–Trinajstić information content (AvgIpc) is 2.58. The number of hydrogen-bond acceptors (Lipinski definition) is 4. The van der Waals surface area contributed by atoms with Crippen molar-refractivity contribution < 1.29 is 23.5 Å². The number of carbonyl (C=O) groups excluding carboxylic acids is 2. The number of amides is 2. The zero-order chi connectivity index (χ0) is 19.9. The average molecular weight is 464 g/mol. The van der Waals surface area contributed by atoms with Crippen LogP contribution in [0.3, 0.4) is 0 Å². The van der Waals surface area contributed by atoms with Crippen molar-refractivity contribution >= 4 is 39.5 Å². The summed E-state index contributed by atoms with van der Waals surface area (Å²) >= 11 is 9.23. The third-order valence-corrected chi connectivity index (χ3v) is 5.80. The van der Waals surface area contributed by atoms with E-state index >= 15 is 0 Å². The first-order valence-electron chi connectivity index (χ1n) is 8.67. The minimum atomic E-state index is -0.625. The van der Waals surface area contributed by atoms with Gasteiger partial charge in [0.15, 0.2) is 5.75 Å². The Morgan fingerprint density at radius 1 is 1.41 bits per heavy atom. The first-order valence-corrected chi connectivity index (χ1v) is 9.85. The van der Waals surface area contributed by atoms with E-state index in [2.05, 4.69) is 15.9 Å². The van der Waals surface area contributed by atoms with Crippen LogP contribution in [0.15, 0.2) is 10.5 Å². The van der Waals surface area contributed by atoms with Crippen LogP contribution >= 0.6 is 27.5 Å². The number of rotatable bonds is 0. The van der Waals surface area contributed by atoms with Gasteiger partial charge >= 0.3 is 6.09 Å². The van der Waals surface area contributed by atoms with Gasteiger partial charge in [0, 0.05) is 26.1 Å². The molecule has 0 radical (unpaired) electrons. The maximum Gasteiger partial charge on any atom is 0.410 e. The molecule has 148 valence electrons. The monoisotopic (exact) mass is 462 g/mol. The molecule has 2 aliphatic heterocycles. The Bertz CT molecular complexity index is 784. The summed E-state index contributed by atoms with van der Waals surface area (Å²) in [5.74, 6) is -0.796. The fraction of sp³-hybridized carbons (Fsp3) is 0.556. The van der Waals surface area contributed by atoms with Crippen molar-refractivity contribution in [3.05, 3.63) is 26.9 Å². The highest BCUT2D eigenvalue weighted by atomic mass is 79.9. The lowest BCUT2D eigenvalue weighted by atomic mass is 10.0. The van der Waals surface area contributed by atoms with E-state index in [1.54, 1.807) is 9.80 Å². The van der Waals surface area contributed by atoms with Crippen molar-refractivity contribution in [2.24, 2.45) is 0 Å². The molecule has 27 heavy (non-hydrogen) atoms. The molecular formula is C18H21BrClFN2O4. The highest BCUT2D eigenvalue weighted by Crippen LogP contribution is 2.39. The summed E-state index contributed by atoms with van der Waals surface area (Å²) in [5.41, 5.74) is -0.495. The number of piperazine rings is 1. The van der Waals surface area contributed by atoms with Gasteiger partial charge in [0.2, 0.25) is 0 Å². The number of carbonyl (C=O) groups is 2. The number of ether oxygens (including phenoxy) is 2. The minimum absolute atomic E-state index is 0.0455. The van der Waals surface area contributed by atoms with E-state index in [1.165, 1.54) is 0 Å². The largest absolute Gasteiger partial charge is 0.491 e. The second-order valence-corrected chi connectivity index (χ2v) is 8.75. The SMILES string of the molecule is CC(C)(C)OC(=O)N1CCN2C(=O)c3cc(F)c(Br)c(Cl)c3OCC[C@H]2C1. The van der Waals surface area contributed by atoms with E-state index < -0.39 is 17.5 Å². The number of halogens is 3. The molecule has 9 heteroatoms. The smallest absolute Gasteiger partial charge is 0.410 e. The van der Waals surface area contributed by atoms with Crippen molar-refractivity contribution in [1.29, 1.82) is 0 Å². The van der Waals surface area contributed by atoms with Crippen LogP contribution in [-0.4, -0.2) is 59.7 Å². The van der Waals surface area contributed by atoms with Crippen LogP contribution in [0.25, 0.3) is 0 Å². The fourth-order valence-electron chi connectivity index (χ4n) is 3.19. The van der Waals surface area contributed by atoms with Crippen molar-refractivity contribution in [2.45, 2.75) is 38.8 Å². The van der Waals surface area contributed by atoms with Crippen molar-refractivity contribution in [2.75, 3.05) is 26.2 Å². The third-order valence-electron chi connectivity index (χ3n) is 4.44. The number of benzene rings is 1. The van der Waals surface area contributed by atoms with Crippen molar-refractivity contribution in [3.8, 4) is 5.75 Å². The Balaban J connectivity index is 1.83. The topological polar surface area (TPSA) is 59.1 Å². The summed E-state index contributed by atoms with van der Waals surface area (Å²) in [5, 5.41) is 0.0455. The Morgan fingerprint density at radius 3 is 2.78 bits per heavy atom. The molecule has 2 amide bonds. The first-order chi connectivity index (χ1) is 12.6. The quantitative estimate of drug-likeness (QED) is 0.544. The van der Waals surface area contributed by atoms with E-state index in [-0.39, 0.29) is 32.8 Å². The van der Waals surface area contributed by atoms with Gasteiger partial charge in [-0.05, 0) is 42.8 Å². The molecule has 2 heterocycles. The molecule has 3 rings (SSSR count). The molecule has 0 spiro atoms. The zero-order valence-electron chi connectivity index (χ0n) is 15.4. The lowest BCUT2D eigenvalue weighted by molar-refractivity contribution is 0.00108. The van der Waals surface area contributed by atoms with Crippen molar-refractivity contribution in [3.63, 3.8) is 0 Å². The van der Waals surface area contributed by atoms with Gasteiger partial charge in [-0.1, -0.05) is 11.6 Å². The van der Waals surface area contributed by atoms with E-state index in [0.29, 0.717) is 32.7 Å². The molecule has 1 atom stereocenters. The molecule has 6 nitrogen and oxygen atoms in total. The summed E-state index contributed by atoms with van der Waals surface area (Å²) in [7, 11) is 0. The molecule has 0 aromatic heterocycles. The van der Waals surface area contributed by atoms with Gasteiger partial charge in [-0.3, -0.25) is 4.79 Å². The van der Waals surface area contributed by atoms with Crippen LogP contribution in [0.1, 0.15) is 37.6 Å². The molecule has 0 bridgehead atoms. The second kappa shape index (κ2) is 7.47. The van der Waals surface area contributed by atoms with Crippen LogP contribution in [0.5, 0.6) is 5.75 Å². The van der Waals surface area contributed by atoms with Gasteiger partial charge < -0.3 is 19.3 Å². The summed E-state index contributed by atoms with van der Waals surface area (Å²) < 4.78 is 25.3. The molecule has 1 saturated heterocycles. The summed E-state index contributed by atoms with van der Waals surface area (Å²) in [6.45, 7) is 6.73. The summed E-state index contributed by atoms with van der Waals surface area (Å²) in [4.78, 5) is 28.6. The van der Waals surface area contributed by atoms with Gasteiger partial charge in [0.1, 0.15) is 16.4 Å². The van der Waals surface area contributed by atoms with E-state index in [1.807, 2.05) is 20.8 Å². The third kappa shape index (κ3) is 4.16. The predicted octanol–water partition coefficient (Wildman–Crippen LogP) is 4.09. The normalized spacial score (nSPS) is 20.2. The maximum absolute atomic E-state index is 14.1. The standard InChI is InChI=1S/C18H21BrClFN2O4/c1-18(2,3)27-17(25)22-5-6-23-10(9-22)4-7-26-15-11(16(23)24)8-12(21)13(19)14(15)20/h8,10H,4-7,9H2,1-3H3/t10-/m0/s1. The number of nitrogens with zero attached hydrogens (tertiary/aromatic N) is 2. The zero-order valence-corrected chi connectivity index (χ0v) is 17.7. The number of hydrogen-bond donors (Lipinski definition) is 0. The van der Waals surface area contributed by atoms with E-state index in [9.17, 15) is 14.0 Å². The molecule has 0 saturated carbocycles. The molecule has 2 aliphatic rings. The Kier molecular flexibility index (Phi) is 5.59. The maximum atomic E-state index is 14.1. The van der Waals surface area contributed by atoms with Crippen LogP contribution in [0.2, 0.25) is 5.02 Å². The lowest BCUT2D eigenvalue weighted by Crippen LogP contribution is -2.58. The predicted molar refractivity (Wildman–Crippen MR) is 102 cm³/mol. The van der Waals surface area contributed by atoms with Gasteiger partial charge in [-0.15, -0.1) is 0 Å². The van der Waals surface area contributed by atoms with E-state index in [4.69, 9.17) is 21.1 Å². The first kappa shape index (κ1) is 20.2. The summed E-state index contributed by atoms with van der Waals surface area (Å²) in [6.07, 6.45) is 0.117. The fourth-order valence-corrected chi connectivity index (χ4v) is 3.73. The van der Waals surface area contributed by atoms with Gasteiger partial charge in [-0.2, -0.15) is 0 Å². The lowest BCUT2D eigenvalue weighted by Gasteiger charge is -2.42. The molecule has 0 N–H and O–H groups in total. The highest BCUT2D eigenvalue weighted by molar-refractivity contribution is 9.10. The summed E-state index contributed by atoms with van der Waals surface area (Å²) in [6, 6.07) is 0.897. The molecule has 1 aromatic carbocycles. The van der Waals surface area contributed by atoms with Crippen LogP contribution in [-0.2, 0) is 4.74 Å². The Labute approximate surface area is 170 Å². The second-order valence-electron chi connectivity index (χ2n) is 7.58. The van der Waals surface area contributed by atoms with Crippen LogP contribution in [0.4, 0.5) is 9.18 Å². The van der Waals surface area contributed by atoms with E-state index in [0.717, 1.165) is 6.07 Å². The van der Waals surface area contributed by atoms with Crippen LogP contribution in [0, 0.1) is 5.82 Å². The molecular weight excluding hydrogens is 443 g/mol. The van der Waals surface area contributed by atoms with Gasteiger partial charge in [0.05, 0.1) is 22.7 Å².